The number of H-pyrrole nitrogens is 1. The summed E-state index contributed by atoms with van der Waals surface area (Å²) in [7, 11) is 1.56. The summed E-state index contributed by atoms with van der Waals surface area (Å²) in [6.07, 6.45) is 1.39. The van der Waals surface area contributed by atoms with Gasteiger partial charge >= 0.3 is 6.03 Å². The summed E-state index contributed by atoms with van der Waals surface area (Å²) in [6, 6.07) is 6.71. The number of fused-ring (bicyclic) bond motifs is 1. The second-order valence-corrected chi connectivity index (χ2v) is 6.71. The third-order valence-corrected chi connectivity index (χ3v) is 4.51. The van der Waals surface area contributed by atoms with Crippen LogP contribution in [0.25, 0.3) is 0 Å². The summed E-state index contributed by atoms with van der Waals surface area (Å²) in [5.41, 5.74) is 2.49. The average Bonchev–Trinajstić information content (AvgIpc) is 3.08. The van der Waals surface area contributed by atoms with Crippen LogP contribution in [-0.2, 0) is 17.8 Å². The van der Waals surface area contributed by atoms with Crippen LogP contribution in [0.3, 0.4) is 0 Å². The van der Waals surface area contributed by atoms with E-state index in [1.54, 1.807) is 36.2 Å². The van der Waals surface area contributed by atoms with E-state index in [4.69, 9.17) is 16.4 Å². The second-order valence-electron chi connectivity index (χ2n) is 6.28. The Balaban J connectivity index is 1.71. The van der Waals surface area contributed by atoms with Crippen LogP contribution < -0.4 is 5.32 Å². The summed E-state index contributed by atoms with van der Waals surface area (Å²) in [5, 5.41) is 11.6. The molecule has 0 unspecified atom stereocenters. The minimum absolute atomic E-state index is 0.252. The Kier molecular flexibility index (Phi) is 5.98. The topological polar surface area (TPSA) is 90.6 Å². The molecule has 0 atom stereocenters. The Morgan fingerprint density at radius 1 is 1.44 bits per heavy atom. The van der Waals surface area contributed by atoms with E-state index in [2.05, 4.69) is 15.5 Å². The molecule has 2 aromatic rings. The summed E-state index contributed by atoms with van der Waals surface area (Å²) in [5.74, 6) is -0.335. The molecule has 8 nitrogen and oxygen atoms in total. The number of carbonyl (C=O) groups excluding carboxylic acids is 2. The molecule has 2 heterocycles. The van der Waals surface area contributed by atoms with Gasteiger partial charge in [-0.3, -0.25) is 14.7 Å². The predicted molar refractivity (Wildman–Crippen MR) is 102 cm³/mol. The Hall–Kier alpha value is -2.58. The lowest BCUT2D eigenvalue weighted by Crippen LogP contribution is -2.39. The molecule has 3 amide bonds. The lowest BCUT2D eigenvalue weighted by Gasteiger charge is -2.27. The van der Waals surface area contributed by atoms with Crippen LogP contribution in [0.4, 0.5) is 10.5 Å². The van der Waals surface area contributed by atoms with Crippen LogP contribution in [0.5, 0.6) is 0 Å². The molecule has 3 rings (SSSR count). The number of anilines is 1. The molecule has 0 radical (unpaired) electrons. The van der Waals surface area contributed by atoms with Crippen LogP contribution in [-0.4, -0.2) is 52.3 Å². The fraction of sp³-hybridized carbons (Fsp3) is 0.389. The zero-order chi connectivity index (χ0) is 19.4. The molecule has 27 heavy (non-hydrogen) atoms. The van der Waals surface area contributed by atoms with Crippen molar-refractivity contribution in [2.24, 2.45) is 0 Å². The van der Waals surface area contributed by atoms with E-state index in [0.717, 1.165) is 17.7 Å². The average molecular weight is 392 g/mol. The Morgan fingerprint density at radius 3 is 3.00 bits per heavy atom. The van der Waals surface area contributed by atoms with E-state index in [1.165, 1.54) is 5.06 Å². The van der Waals surface area contributed by atoms with Crippen molar-refractivity contribution in [1.82, 2.24) is 20.2 Å². The largest absolute Gasteiger partial charge is 0.322 e. The molecule has 0 aliphatic carbocycles. The quantitative estimate of drug-likeness (QED) is 0.766. The molecule has 1 aromatic heterocycles. The van der Waals surface area contributed by atoms with Gasteiger partial charge in [0.1, 0.15) is 0 Å². The maximum atomic E-state index is 12.6. The number of urea groups is 1. The summed E-state index contributed by atoms with van der Waals surface area (Å²) in [4.78, 5) is 32.2. The number of hydrogen-bond donors (Lipinski definition) is 2. The molecule has 144 valence electrons. The van der Waals surface area contributed by atoms with Crippen LogP contribution in [0.1, 0.15) is 35.1 Å². The van der Waals surface area contributed by atoms with Crippen molar-refractivity contribution in [1.29, 1.82) is 0 Å². The van der Waals surface area contributed by atoms with Crippen molar-refractivity contribution >= 4 is 29.2 Å². The number of nitrogens with one attached hydrogen (secondary N) is 2. The number of aromatic nitrogens is 2. The third kappa shape index (κ3) is 4.40. The van der Waals surface area contributed by atoms with Crippen molar-refractivity contribution in [2.45, 2.75) is 26.3 Å². The number of hydrogen-bond acceptors (Lipinski definition) is 4. The van der Waals surface area contributed by atoms with E-state index in [9.17, 15) is 9.59 Å². The molecule has 0 spiro atoms. The number of benzene rings is 1. The van der Waals surface area contributed by atoms with E-state index in [-0.39, 0.29) is 17.6 Å². The van der Waals surface area contributed by atoms with E-state index >= 15 is 0 Å². The molecule has 1 aromatic carbocycles. The van der Waals surface area contributed by atoms with E-state index in [0.29, 0.717) is 36.8 Å². The fourth-order valence-corrected chi connectivity index (χ4v) is 3.04. The number of rotatable bonds is 5. The zero-order valence-electron chi connectivity index (χ0n) is 15.3. The standard InChI is InChI=1S/C18H22ClN5O3/c1-3-9-27-23(2)17(25)16-14-11-24(8-7-15(14)21-22-16)18(26)20-13-6-4-5-12(19)10-13/h4-6,10H,3,7-9,11H2,1-2H3,(H,20,26)(H,21,22). The monoisotopic (exact) mass is 391 g/mol. The van der Waals surface area contributed by atoms with Gasteiger partial charge in [0.05, 0.1) is 13.2 Å². The molecular formula is C18H22ClN5O3. The lowest BCUT2D eigenvalue weighted by atomic mass is 10.1. The maximum Gasteiger partial charge on any atom is 0.322 e. The van der Waals surface area contributed by atoms with Gasteiger partial charge in [0, 0.05) is 42.0 Å². The molecule has 0 bridgehead atoms. The Labute approximate surface area is 162 Å². The number of hydroxylamine groups is 2. The maximum absolute atomic E-state index is 12.6. The predicted octanol–water partition coefficient (Wildman–Crippen LogP) is 3.07. The molecular weight excluding hydrogens is 370 g/mol. The smallest absolute Gasteiger partial charge is 0.320 e. The first-order valence-electron chi connectivity index (χ1n) is 8.78. The van der Waals surface area contributed by atoms with Crippen molar-refractivity contribution in [3.63, 3.8) is 0 Å². The third-order valence-electron chi connectivity index (χ3n) is 4.27. The molecule has 0 saturated heterocycles. The molecule has 1 aliphatic heterocycles. The molecule has 1 aliphatic rings. The number of carbonyl (C=O) groups is 2. The van der Waals surface area contributed by atoms with E-state index in [1.807, 2.05) is 6.92 Å². The van der Waals surface area contributed by atoms with Gasteiger partial charge in [0.2, 0.25) is 0 Å². The Bertz CT molecular complexity index is 838. The highest BCUT2D eigenvalue weighted by molar-refractivity contribution is 6.30. The fourth-order valence-electron chi connectivity index (χ4n) is 2.85. The number of halogens is 1. The normalized spacial score (nSPS) is 13.2. The van der Waals surface area contributed by atoms with Gasteiger partial charge in [-0.25, -0.2) is 9.86 Å². The van der Waals surface area contributed by atoms with Gasteiger partial charge < -0.3 is 10.2 Å². The molecule has 0 fully saturated rings. The number of aromatic amines is 1. The van der Waals surface area contributed by atoms with Crippen molar-refractivity contribution < 1.29 is 14.4 Å². The minimum Gasteiger partial charge on any atom is -0.320 e. The molecule has 9 heteroatoms. The van der Waals surface area contributed by atoms with E-state index < -0.39 is 0 Å². The highest BCUT2D eigenvalue weighted by Crippen LogP contribution is 2.23. The summed E-state index contributed by atoms with van der Waals surface area (Å²) < 4.78 is 0. The van der Waals surface area contributed by atoms with Gasteiger partial charge in [0.15, 0.2) is 5.69 Å². The van der Waals surface area contributed by atoms with Crippen LogP contribution in [0.15, 0.2) is 24.3 Å². The second kappa shape index (κ2) is 8.41. The van der Waals surface area contributed by atoms with Crippen molar-refractivity contribution in [2.75, 3.05) is 25.5 Å². The summed E-state index contributed by atoms with van der Waals surface area (Å²) >= 11 is 5.96. The highest BCUT2D eigenvalue weighted by Gasteiger charge is 2.29. The number of nitrogens with zero attached hydrogens (tertiary/aromatic N) is 3. The molecule has 0 saturated carbocycles. The molecule has 2 N–H and O–H groups in total. The number of amides is 3. The van der Waals surface area contributed by atoms with Crippen molar-refractivity contribution in [3.05, 3.63) is 46.2 Å². The lowest BCUT2D eigenvalue weighted by molar-refractivity contribution is -0.105. The van der Waals surface area contributed by atoms with Crippen LogP contribution >= 0.6 is 11.6 Å². The van der Waals surface area contributed by atoms with Gasteiger partial charge in [-0.15, -0.1) is 0 Å². The van der Waals surface area contributed by atoms with Gasteiger partial charge in [-0.05, 0) is 24.6 Å². The Morgan fingerprint density at radius 2 is 2.26 bits per heavy atom. The minimum atomic E-state index is -0.335. The first kappa shape index (κ1) is 19.2. The van der Waals surface area contributed by atoms with Gasteiger partial charge in [-0.1, -0.05) is 24.6 Å². The van der Waals surface area contributed by atoms with Gasteiger partial charge in [-0.2, -0.15) is 5.10 Å². The first-order valence-corrected chi connectivity index (χ1v) is 9.16. The van der Waals surface area contributed by atoms with Crippen LogP contribution in [0, 0.1) is 0 Å². The SMILES string of the molecule is CCCON(C)C(=O)c1n[nH]c2c1CN(C(=O)Nc1cccc(Cl)c1)CC2. The van der Waals surface area contributed by atoms with Crippen molar-refractivity contribution in [3.8, 4) is 0 Å². The summed E-state index contributed by atoms with van der Waals surface area (Å²) in [6.45, 7) is 3.23. The highest BCUT2D eigenvalue weighted by atomic mass is 35.5. The van der Waals surface area contributed by atoms with Gasteiger partial charge in [0.25, 0.3) is 5.91 Å². The zero-order valence-corrected chi connectivity index (χ0v) is 16.0. The first-order chi connectivity index (χ1) is 13.0. The van der Waals surface area contributed by atoms with Crippen LogP contribution in [0.2, 0.25) is 5.02 Å².